The first-order valence-electron chi connectivity index (χ1n) is 4.28. The molecule has 0 aliphatic rings. The number of para-hydroxylation sites is 1. The van der Waals surface area contributed by atoms with Gasteiger partial charge in [0.1, 0.15) is 18.5 Å². The third-order valence-electron chi connectivity index (χ3n) is 1.63. The molecule has 0 saturated carbocycles. The van der Waals surface area contributed by atoms with Gasteiger partial charge in [0.15, 0.2) is 0 Å². The molecule has 0 amide bonds. The van der Waals surface area contributed by atoms with Crippen LogP contribution in [0.4, 0.5) is 0 Å². The maximum Gasteiger partial charge on any atom is 0.132 e. The zero-order valence-electron chi connectivity index (χ0n) is 7.94. The molecule has 0 unspecified atom stereocenters. The van der Waals surface area contributed by atoms with Crippen molar-refractivity contribution in [1.29, 1.82) is 0 Å². The van der Waals surface area contributed by atoms with Crippen LogP contribution >= 0.6 is 22.6 Å². The number of aliphatic hydroxyl groups excluding tert-OH is 1. The van der Waals surface area contributed by atoms with Crippen LogP contribution in [0.2, 0.25) is 0 Å². The molecule has 4 heteroatoms. The second-order valence-corrected chi connectivity index (χ2v) is 4.01. The number of methoxy groups -OCH3 is 1. The summed E-state index contributed by atoms with van der Waals surface area (Å²) in [4.78, 5) is 0. The molecule has 0 radical (unpaired) electrons. The van der Waals surface area contributed by atoms with Crippen LogP contribution in [0.3, 0.4) is 0 Å². The van der Waals surface area contributed by atoms with E-state index in [1.165, 1.54) is 0 Å². The molecule has 1 atom stereocenters. The Labute approximate surface area is 97.2 Å². The van der Waals surface area contributed by atoms with Crippen LogP contribution < -0.4 is 4.74 Å². The second kappa shape index (κ2) is 6.21. The Kier molecular flexibility index (Phi) is 5.21. The summed E-state index contributed by atoms with van der Waals surface area (Å²) < 4.78 is 11.2. The van der Waals surface area contributed by atoms with E-state index in [1.807, 2.05) is 24.3 Å². The van der Waals surface area contributed by atoms with Crippen LogP contribution in [0.1, 0.15) is 0 Å². The molecular formula is C10H13IO3. The second-order valence-electron chi connectivity index (χ2n) is 2.85. The number of benzene rings is 1. The smallest absolute Gasteiger partial charge is 0.132 e. The summed E-state index contributed by atoms with van der Waals surface area (Å²) in [6, 6.07) is 7.68. The largest absolute Gasteiger partial charge is 0.490 e. The molecule has 0 aliphatic heterocycles. The van der Waals surface area contributed by atoms with Gasteiger partial charge in [-0.25, -0.2) is 0 Å². The fourth-order valence-corrected chi connectivity index (χ4v) is 1.53. The predicted molar refractivity (Wildman–Crippen MR) is 62.5 cm³/mol. The summed E-state index contributed by atoms with van der Waals surface area (Å²) in [5.41, 5.74) is 0. The van der Waals surface area contributed by atoms with Crippen LogP contribution in [0.5, 0.6) is 5.75 Å². The van der Waals surface area contributed by atoms with Crippen molar-refractivity contribution in [3.8, 4) is 5.75 Å². The van der Waals surface area contributed by atoms with Crippen molar-refractivity contribution in [1.82, 2.24) is 0 Å². The Bertz CT molecular complexity index is 278. The summed E-state index contributed by atoms with van der Waals surface area (Å²) in [6.45, 7) is 0.553. The van der Waals surface area contributed by atoms with Crippen LogP contribution in [0.25, 0.3) is 0 Å². The number of halogens is 1. The molecule has 0 bridgehead atoms. The molecule has 0 saturated heterocycles. The standard InChI is InChI=1S/C10H13IO3/c1-13-6-8(12)7-14-10-5-3-2-4-9(10)11/h2-5,8,12H,6-7H2,1H3/t8-/m1/s1. The molecule has 1 aromatic rings. The van der Waals surface area contributed by atoms with Gasteiger partial charge in [-0.15, -0.1) is 0 Å². The molecule has 1 aromatic carbocycles. The van der Waals surface area contributed by atoms with Crippen LogP contribution in [-0.2, 0) is 4.74 Å². The zero-order chi connectivity index (χ0) is 10.4. The highest BCUT2D eigenvalue weighted by Gasteiger charge is 2.05. The number of aliphatic hydroxyl groups is 1. The molecule has 0 aliphatic carbocycles. The number of ether oxygens (including phenoxy) is 2. The van der Waals surface area contributed by atoms with Gasteiger partial charge in [-0.1, -0.05) is 12.1 Å². The topological polar surface area (TPSA) is 38.7 Å². The summed E-state index contributed by atoms with van der Waals surface area (Å²) >= 11 is 2.19. The van der Waals surface area contributed by atoms with E-state index in [9.17, 15) is 5.11 Å². The lowest BCUT2D eigenvalue weighted by Crippen LogP contribution is -2.22. The maximum atomic E-state index is 9.35. The first-order chi connectivity index (χ1) is 6.74. The number of rotatable bonds is 5. The van der Waals surface area contributed by atoms with E-state index in [0.29, 0.717) is 6.61 Å². The molecule has 0 spiro atoms. The van der Waals surface area contributed by atoms with Crippen molar-refractivity contribution >= 4 is 22.6 Å². The summed E-state index contributed by atoms with van der Waals surface area (Å²) in [5, 5.41) is 9.35. The average molecular weight is 308 g/mol. The lowest BCUT2D eigenvalue weighted by atomic mass is 10.3. The van der Waals surface area contributed by atoms with Crippen molar-refractivity contribution in [2.24, 2.45) is 0 Å². The van der Waals surface area contributed by atoms with Crippen molar-refractivity contribution in [2.75, 3.05) is 20.3 Å². The van der Waals surface area contributed by atoms with Crippen LogP contribution in [0, 0.1) is 3.57 Å². The van der Waals surface area contributed by atoms with Gasteiger partial charge in [0.2, 0.25) is 0 Å². The molecule has 0 heterocycles. The summed E-state index contributed by atoms with van der Waals surface area (Å²) in [7, 11) is 1.55. The normalized spacial score (nSPS) is 12.5. The molecule has 14 heavy (non-hydrogen) atoms. The van der Waals surface area contributed by atoms with Crippen molar-refractivity contribution < 1.29 is 14.6 Å². The molecule has 1 N–H and O–H groups in total. The monoisotopic (exact) mass is 308 g/mol. The number of hydrogen-bond acceptors (Lipinski definition) is 3. The van der Waals surface area contributed by atoms with Gasteiger partial charge in [0.25, 0.3) is 0 Å². The Balaban J connectivity index is 2.41. The van der Waals surface area contributed by atoms with Crippen molar-refractivity contribution in [3.05, 3.63) is 27.8 Å². The first-order valence-corrected chi connectivity index (χ1v) is 5.36. The van der Waals surface area contributed by atoms with Crippen LogP contribution in [0.15, 0.2) is 24.3 Å². The van der Waals surface area contributed by atoms with Gasteiger partial charge in [-0.3, -0.25) is 0 Å². The third kappa shape index (κ3) is 3.81. The van der Waals surface area contributed by atoms with Gasteiger partial charge < -0.3 is 14.6 Å². The average Bonchev–Trinajstić information content (AvgIpc) is 2.17. The Morgan fingerprint density at radius 2 is 2.07 bits per heavy atom. The highest BCUT2D eigenvalue weighted by molar-refractivity contribution is 14.1. The summed E-state index contributed by atoms with van der Waals surface area (Å²) in [5.74, 6) is 0.795. The van der Waals surface area contributed by atoms with Crippen molar-refractivity contribution in [3.63, 3.8) is 0 Å². The van der Waals surface area contributed by atoms with E-state index in [1.54, 1.807) is 7.11 Å². The van der Waals surface area contributed by atoms with E-state index in [2.05, 4.69) is 22.6 Å². The van der Waals surface area contributed by atoms with Gasteiger partial charge in [-0.2, -0.15) is 0 Å². The van der Waals surface area contributed by atoms with Gasteiger partial charge in [-0.05, 0) is 34.7 Å². The molecule has 0 aromatic heterocycles. The van der Waals surface area contributed by atoms with Crippen molar-refractivity contribution in [2.45, 2.75) is 6.10 Å². The minimum absolute atomic E-state index is 0.258. The van der Waals surface area contributed by atoms with Gasteiger partial charge >= 0.3 is 0 Å². The van der Waals surface area contributed by atoms with Crippen LogP contribution in [-0.4, -0.2) is 31.5 Å². The highest BCUT2D eigenvalue weighted by Crippen LogP contribution is 2.19. The van der Waals surface area contributed by atoms with Gasteiger partial charge in [0, 0.05) is 7.11 Å². The minimum atomic E-state index is -0.573. The highest BCUT2D eigenvalue weighted by atomic mass is 127. The van der Waals surface area contributed by atoms with E-state index in [-0.39, 0.29) is 6.61 Å². The summed E-state index contributed by atoms with van der Waals surface area (Å²) in [6.07, 6.45) is -0.573. The van der Waals surface area contributed by atoms with E-state index < -0.39 is 6.10 Å². The fourth-order valence-electron chi connectivity index (χ4n) is 0.988. The predicted octanol–water partition coefficient (Wildman–Crippen LogP) is 1.68. The third-order valence-corrected chi connectivity index (χ3v) is 2.52. The Hall–Kier alpha value is -0.330. The molecule has 0 fully saturated rings. The van der Waals surface area contributed by atoms with E-state index in [4.69, 9.17) is 9.47 Å². The minimum Gasteiger partial charge on any atom is -0.490 e. The lowest BCUT2D eigenvalue weighted by molar-refractivity contribution is 0.0323. The number of hydrogen-bond donors (Lipinski definition) is 1. The first kappa shape index (κ1) is 11.7. The molecule has 3 nitrogen and oxygen atoms in total. The SMILES string of the molecule is COC[C@@H](O)COc1ccccc1I. The quantitative estimate of drug-likeness (QED) is 0.841. The Morgan fingerprint density at radius 3 is 2.71 bits per heavy atom. The lowest BCUT2D eigenvalue weighted by Gasteiger charge is -2.12. The fraction of sp³-hybridized carbons (Fsp3) is 0.400. The zero-order valence-corrected chi connectivity index (χ0v) is 10.1. The molecule has 1 rings (SSSR count). The van der Waals surface area contributed by atoms with E-state index in [0.717, 1.165) is 9.32 Å². The molecule has 78 valence electrons. The van der Waals surface area contributed by atoms with Gasteiger partial charge in [0.05, 0.1) is 10.2 Å². The Morgan fingerprint density at radius 1 is 1.36 bits per heavy atom. The molecular weight excluding hydrogens is 295 g/mol. The van der Waals surface area contributed by atoms with E-state index >= 15 is 0 Å². The maximum absolute atomic E-state index is 9.35.